The maximum Gasteiger partial charge on any atom is 0.121 e. The Morgan fingerprint density at radius 2 is 2.00 bits per heavy atom. The molecule has 0 aliphatic carbocycles. The summed E-state index contributed by atoms with van der Waals surface area (Å²) in [6, 6.07) is 4.46. The number of nitrogens with zero attached hydrogens (tertiary/aromatic N) is 1. The lowest BCUT2D eigenvalue weighted by atomic mass is 9.84. The van der Waals surface area contributed by atoms with Crippen molar-refractivity contribution in [2.45, 2.75) is 26.8 Å². The number of hydrogen-bond donors (Lipinski definition) is 1. The molecule has 1 saturated heterocycles. The van der Waals surface area contributed by atoms with E-state index in [1.807, 2.05) is 6.07 Å². The van der Waals surface area contributed by atoms with Gasteiger partial charge in [-0.1, -0.05) is 20.8 Å². The van der Waals surface area contributed by atoms with Crippen LogP contribution in [-0.4, -0.2) is 31.1 Å². The summed E-state index contributed by atoms with van der Waals surface area (Å²) in [5.74, 6) is 1.09. The molecule has 1 atom stereocenters. The molecule has 1 aliphatic heterocycles. The van der Waals surface area contributed by atoms with Gasteiger partial charge < -0.3 is 9.73 Å². The third kappa shape index (κ3) is 2.47. The molecule has 3 heteroatoms. The zero-order chi connectivity index (χ0) is 11.6. The molecule has 2 rings (SSSR count). The zero-order valence-electron chi connectivity index (χ0n) is 10.5. The SMILES string of the molecule is CC(C)(C)[C@@H](c1ccco1)N1CCNCC1. The Balaban J connectivity index is 2.21. The number of nitrogens with one attached hydrogen (secondary N) is 1. The monoisotopic (exact) mass is 222 g/mol. The average Bonchev–Trinajstić information content (AvgIpc) is 2.71. The van der Waals surface area contributed by atoms with Crippen molar-refractivity contribution in [3.05, 3.63) is 24.2 Å². The second-order valence-electron chi connectivity index (χ2n) is 5.57. The van der Waals surface area contributed by atoms with Crippen LogP contribution in [0.1, 0.15) is 32.6 Å². The van der Waals surface area contributed by atoms with E-state index in [-0.39, 0.29) is 5.41 Å². The molecule has 90 valence electrons. The summed E-state index contributed by atoms with van der Waals surface area (Å²) >= 11 is 0. The lowest BCUT2D eigenvalue weighted by Crippen LogP contribution is -2.48. The van der Waals surface area contributed by atoms with Crippen molar-refractivity contribution in [2.24, 2.45) is 5.41 Å². The normalized spacial score (nSPS) is 20.9. The van der Waals surface area contributed by atoms with Crippen LogP contribution in [0.4, 0.5) is 0 Å². The lowest BCUT2D eigenvalue weighted by molar-refractivity contribution is 0.0697. The van der Waals surface area contributed by atoms with Gasteiger partial charge in [0, 0.05) is 26.2 Å². The molecule has 1 aromatic rings. The highest BCUT2D eigenvalue weighted by atomic mass is 16.3. The fourth-order valence-corrected chi connectivity index (χ4v) is 2.54. The average molecular weight is 222 g/mol. The Morgan fingerprint density at radius 3 is 2.50 bits per heavy atom. The van der Waals surface area contributed by atoms with Crippen LogP contribution >= 0.6 is 0 Å². The van der Waals surface area contributed by atoms with Crippen molar-refractivity contribution in [1.29, 1.82) is 0 Å². The van der Waals surface area contributed by atoms with Crippen LogP contribution in [0.3, 0.4) is 0 Å². The van der Waals surface area contributed by atoms with Crippen molar-refractivity contribution in [2.75, 3.05) is 26.2 Å². The van der Waals surface area contributed by atoms with E-state index in [1.54, 1.807) is 6.26 Å². The molecule has 0 aromatic carbocycles. The minimum atomic E-state index is 0.204. The smallest absolute Gasteiger partial charge is 0.121 e. The van der Waals surface area contributed by atoms with Gasteiger partial charge in [-0.15, -0.1) is 0 Å². The standard InChI is InChI=1S/C13H22N2O/c1-13(2,3)12(11-5-4-10-16-11)15-8-6-14-7-9-15/h4-5,10,12,14H,6-9H2,1-3H3/t12-/m1/s1. The second-order valence-corrected chi connectivity index (χ2v) is 5.57. The van der Waals surface area contributed by atoms with E-state index in [0.717, 1.165) is 31.9 Å². The molecule has 16 heavy (non-hydrogen) atoms. The van der Waals surface area contributed by atoms with Gasteiger partial charge in [0.05, 0.1) is 12.3 Å². The van der Waals surface area contributed by atoms with Gasteiger partial charge in [0.25, 0.3) is 0 Å². The topological polar surface area (TPSA) is 28.4 Å². The van der Waals surface area contributed by atoms with Crippen LogP contribution in [0.15, 0.2) is 22.8 Å². The molecule has 1 fully saturated rings. The summed E-state index contributed by atoms with van der Waals surface area (Å²) in [6.45, 7) is 11.2. The summed E-state index contributed by atoms with van der Waals surface area (Å²) in [4.78, 5) is 2.52. The van der Waals surface area contributed by atoms with E-state index in [9.17, 15) is 0 Å². The highest BCUT2D eigenvalue weighted by Gasteiger charge is 2.34. The molecule has 1 aromatic heterocycles. The Hall–Kier alpha value is -0.800. The first kappa shape index (κ1) is 11.7. The zero-order valence-corrected chi connectivity index (χ0v) is 10.5. The molecule has 0 bridgehead atoms. The predicted molar refractivity (Wildman–Crippen MR) is 65.3 cm³/mol. The number of rotatable bonds is 2. The Bertz CT molecular complexity index is 307. The van der Waals surface area contributed by atoms with Crippen LogP contribution in [0.25, 0.3) is 0 Å². The quantitative estimate of drug-likeness (QED) is 0.832. The molecular weight excluding hydrogens is 200 g/mol. The van der Waals surface area contributed by atoms with Crippen LogP contribution in [-0.2, 0) is 0 Å². The predicted octanol–water partition coefficient (Wildman–Crippen LogP) is 2.27. The van der Waals surface area contributed by atoms with Gasteiger partial charge in [-0.25, -0.2) is 0 Å². The van der Waals surface area contributed by atoms with Gasteiger partial charge in [-0.3, -0.25) is 4.90 Å². The fourth-order valence-electron chi connectivity index (χ4n) is 2.54. The van der Waals surface area contributed by atoms with Crippen LogP contribution in [0.5, 0.6) is 0 Å². The second kappa shape index (κ2) is 4.60. The molecule has 0 saturated carbocycles. The molecule has 0 unspecified atom stereocenters. The first-order valence-electron chi connectivity index (χ1n) is 6.07. The van der Waals surface area contributed by atoms with Gasteiger partial charge in [0.1, 0.15) is 5.76 Å². The van der Waals surface area contributed by atoms with Crippen molar-refractivity contribution in [1.82, 2.24) is 10.2 Å². The maximum absolute atomic E-state index is 5.61. The Morgan fingerprint density at radius 1 is 1.31 bits per heavy atom. The van der Waals surface area contributed by atoms with E-state index >= 15 is 0 Å². The molecule has 1 N–H and O–H groups in total. The minimum Gasteiger partial charge on any atom is -0.468 e. The molecule has 0 radical (unpaired) electrons. The van der Waals surface area contributed by atoms with Crippen molar-refractivity contribution in [3.8, 4) is 0 Å². The van der Waals surface area contributed by atoms with E-state index in [4.69, 9.17) is 4.42 Å². The summed E-state index contributed by atoms with van der Waals surface area (Å²) in [5.41, 5.74) is 0.204. The Kier molecular flexibility index (Phi) is 3.36. The maximum atomic E-state index is 5.61. The molecule has 3 nitrogen and oxygen atoms in total. The highest BCUT2D eigenvalue weighted by molar-refractivity contribution is 5.08. The van der Waals surface area contributed by atoms with Crippen LogP contribution < -0.4 is 5.32 Å². The van der Waals surface area contributed by atoms with Crippen LogP contribution in [0.2, 0.25) is 0 Å². The summed E-state index contributed by atoms with van der Waals surface area (Å²) in [6.07, 6.45) is 1.77. The number of furan rings is 1. The highest BCUT2D eigenvalue weighted by Crippen LogP contribution is 2.38. The molecule has 1 aliphatic rings. The van der Waals surface area contributed by atoms with Crippen molar-refractivity contribution < 1.29 is 4.42 Å². The fraction of sp³-hybridized carbons (Fsp3) is 0.692. The van der Waals surface area contributed by atoms with Gasteiger partial charge in [0.2, 0.25) is 0 Å². The van der Waals surface area contributed by atoms with Gasteiger partial charge in [-0.05, 0) is 17.5 Å². The summed E-state index contributed by atoms with van der Waals surface area (Å²) in [5, 5.41) is 3.39. The third-order valence-corrected chi connectivity index (χ3v) is 3.15. The largest absolute Gasteiger partial charge is 0.468 e. The third-order valence-electron chi connectivity index (χ3n) is 3.15. The summed E-state index contributed by atoms with van der Waals surface area (Å²) < 4.78 is 5.61. The molecular formula is C13H22N2O. The van der Waals surface area contributed by atoms with Crippen molar-refractivity contribution >= 4 is 0 Å². The van der Waals surface area contributed by atoms with E-state index < -0.39 is 0 Å². The lowest BCUT2D eigenvalue weighted by Gasteiger charge is -2.41. The van der Waals surface area contributed by atoms with E-state index in [1.165, 1.54) is 0 Å². The number of piperazine rings is 1. The Labute approximate surface area is 97.8 Å². The first-order valence-corrected chi connectivity index (χ1v) is 6.07. The number of hydrogen-bond acceptors (Lipinski definition) is 3. The summed E-state index contributed by atoms with van der Waals surface area (Å²) in [7, 11) is 0. The van der Waals surface area contributed by atoms with Gasteiger partial charge in [-0.2, -0.15) is 0 Å². The van der Waals surface area contributed by atoms with Crippen molar-refractivity contribution in [3.63, 3.8) is 0 Å². The minimum absolute atomic E-state index is 0.204. The van der Waals surface area contributed by atoms with Gasteiger partial charge >= 0.3 is 0 Å². The van der Waals surface area contributed by atoms with Gasteiger partial charge in [0.15, 0.2) is 0 Å². The molecule has 2 heterocycles. The van der Waals surface area contributed by atoms with E-state index in [0.29, 0.717) is 6.04 Å². The molecule has 0 spiro atoms. The van der Waals surface area contributed by atoms with Crippen LogP contribution in [0, 0.1) is 5.41 Å². The van der Waals surface area contributed by atoms with E-state index in [2.05, 4.69) is 37.1 Å². The molecule has 0 amide bonds. The first-order chi connectivity index (χ1) is 7.59.